The van der Waals surface area contributed by atoms with E-state index in [2.05, 4.69) is 229 Å². The molecule has 6 aromatic carbocycles. The summed E-state index contributed by atoms with van der Waals surface area (Å²) in [5.74, 6) is 1.73. The summed E-state index contributed by atoms with van der Waals surface area (Å²) in [6, 6.07) is 45.8. The average molecular weight is 872 g/mol. The molecule has 336 valence electrons. The van der Waals surface area contributed by atoms with Gasteiger partial charge in [0.2, 0.25) is 0 Å². The molecule has 0 saturated heterocycles. The topological polar surface area (TPSA) is 60.2 Å². The van der Waals surface area contributed by atoms with Gasteiger partial charge in [-0.2, -0.15) is 0 Å². The third kappa shape index (κ3) is 7.91. The Hall–Kier alpha value is -6.46. The molecule has 5 heteroatoms. The van der Waals surface area contributed by atoms with Crippen molar-refractivity contribution >= 4 is 11.0 Å². The lowest BCUT2D eigenvalue weighted by molar-refractivity contribution is 0.106. The Labute approximate surface area is 392 Å². The Morgan fingerprint density at radius 3 is 1.82 bits per heavy atom. The average Bonchev–Trinajstić information content (AvgIpc) is 3.64. The van der Waals surface area contributed by atoms with Crippen molar-refractivity contribution in [1.82, 2.24) is 14.5 Å². The van der Waals surface area contributed by atoms with E-state index in [4.69, 9.17) is 14.7 Å². The Kier molecular flexibility index (Phi) is 10.6. The minimum Gasteiger partial charge on any atom is -0.507 e. The van der Waals surface area contributed by atoms with E-state index in [1.54, 1.807) is 0 Å². The van der Waals surface area contributed by atoms with Gasteiger partial charge in [-0.05, 0) is 111 Å². The maximum atomic E-state index is 12.6. The third-order valence-corrected chi connectivity index (χ3v) is 13.4. The standard InChI is InChI=1S/C61H65N3O2/c1-57(2,3)40-27-28-50(46(34-40)37-21-16-15-17-22-37)64-51-26-20-24-43(53(51)63-56(64)47-35-42(59(7,8)9)36-49(54(47)65)60(10,11)12)38-31-39(33-41(32-38)58(4,5)6)52-55-45(29-30-62-52)44-23-18-19-25-48(44)61(13,14)66-55/h15-36,65H,1-14H3. The number of imidazole rings is 1. The summed E-state index contributed by atoms with van der Waals surface area (Å²) in [6.45, 7) is 31.0. The largest absolute Gasteiger partial charge is 0.507 e. The summed E-state index contributed by atoms with van der Waals surface area (Å²) in [5.41, 5.74) is 16.0. The summed E-state index contributed by atoms with van der Waals surface area (Å²) >= 11 is 0. The van der Waals surface area contributed by atoms with E-state index in [-0.39, 0.29) is 27.4 Å². The minimum atomic E-state index is -0.549. The number of pyridine rings is 1. The number of hydrogen-bond acceptors (Lipinski definition) is 4. The quantitative estimate of drug-likeness (QED) is 0.187. The highest BCUT2D eigenvalue weighted by atomic mass is 16.5. The van der Waals surface area contributed by atoms with Gasteiger partial charge in [0.1, 0.15) is 22.9 Å². The summed E-state index contributed by atoms with van der Waals surface area (Å²) in [5, 5.41) is 12.6. The molecule has 0 atom stereocenters. The molecule has 0 spiro atoms. The van der Waals surface area contributed by atoms with E-state index >= 15 is 0 Å². The Morgan fingerprint density at radius 1 is 0.515 bits per heavy atom. The Bertz CT molecular complexity index is 3180. The molecule has 0 unspecified atom stereocenters. The Morgan fingerprint density at radius 2 is 1.14 bits per heavy atom. The number of aromatic nitrogens is 3. The molecule has 0 radical (unpaired) electrons. The van der Waals surface area contributed by atoms with Crippen LogP contribution in [0.2, 0.25) is 0 Å². The van der Waals surface area contributed by atoms with Crippen LogP contribution in [0, 0.1) is 0 Å². The molecule has 0 fully saturated rings. The van der Waals surface area contributed by atoms with Gasteiger partial charge in [-0.3, -0.25) is 9.55 Å². The molecular weight excluding hydrogens is 807 g/mol. The molecule has 3 heterocycles. The van der Waals surface area contributed by atoms with Crippen LogP contribution in [0.1, 0.15) is 125 Å². The summed E-state index contributed by atoms with van der Waals surface area (Å²) in [6.07, 6.45) is 1.91. The second-order valence-electron chi connectivity index (χ2n) is 23.0. The first-order valence-corrected chi connectivity index (χ1v) is 23.5. The maximum absolute atomic E-state index is 12.6. The van der Waals surface area contributed by atoms with Gasteiger partial charge in [0, 0.05) is 39.6 Å². The summed E-state index contributed by atoms with van der Waals surface area (Å²) in [4.78, 5) is 10.8. The van der Waals surface area contributed by atoms with Crippen molar-refractivity contribution in [1.29, 1.82) is 0 Å². The molecule has 0 bridgehead atoms. The molecule has 1 aliphatic heterocycles. The second-order valence-corrected chi connectivity index (χ2v) is 23.0. The van der Waals surface area contributed by atoms with Crippen LogP contribution in [-0.4, -0.2) is 19.6 Å². The van der Waals surface area contributed by atoms with Crippen molar-refractivity contribution in [3.05, 3.63) is 161 Å². The smallest absolute Gasteiger partial charge is 0.154 e. The van der Waals surface area contributed by atoms with Crippen LogP contribution in [0.4, 0.5) is 0 Å². The van der Waals surface area contributed by atoms with Crippen LogP contribution in [0.3, 0.4) is 0 Å². The molecule has 2 aromatic heterocycles. The van der Waals surface area contributed by atoms with Gasteiger partial charge in [0.05, 0.1) is 22.3 Å². The number of fused-ring (bicyclic) bond motifs is 4. The highest BCUT2D eigenvalue weighted by Crippen LogP contribution is 2.50. The normalized spacial score (nSPS) is 13.9. The van der Waals surface area contributed by atoms with Gasteiger partial charge >= 0.3 is 0 Å². The van der Waals surface area contributed by atoms with Gasteiger partial charge in [0.25, 0.3) is 0 Å². The molecule has 0 amide bonds. The van der Waals surface area contributed by atoms with Crippen molar-refractivity contribution in [3.63, 3.8) is 0 Å². The van der Waals surface area contributed by atoms with E-state index in [1.807, 2.05) is 6.20 Å². The number of phenolic OH excluding ortho intramolecular Hbond substituents is 1. The predicted molar refractivity (Wildman–Crippen MR) is 276 cm³/mol. The van der Waals surface area contributed by atoms with E-state index in [9.17, 15) is 5.11 Å². The molecule has 1 aliphatic rings. The number of phenols is 1. The van der Waals surface area contributed by atoms with Gasteiger partial charge in [-0.15, -0.1) is 0 Å². The van der Waals surface area contributed by atoms with Gasteiger partial charge in [-0.1, -0.05) is 168 Å². The van der Waals surface area contributed by atoms with Crippen molar-refractivity contribution < 1.29 is 9.84 Å². The number of aromatic hydroxyl groups is 1. The zero-order chi connectivity index (χ0) is 47.3. The number of para-hydroxylation sites is 1. The molecular formula is C61H65N3O2. The molecule has 0 saturated carbocycles. The zero-order valence-electron chi connectivity index (χ0n) is 41.4. The lowest BCUT2D eigenvalue weighted by Gasteiger charge is -2.35. The first-order chi connectivity index (χ1) is 30.9. The third-order valence-electron chi connectivity index (χ3n) is 13.4. The highest BCUT2D eigenvalue weighted by molar-refractivity contribution is 5.98. The number of ether oxygens (including phenoxy) is 1. The van der Waals surface area contributed by atoms with Gasteiger partial charge < -0.3 is 9.84 Å². The summed E-state index contributed by atoms with van der Waals surface area (Å²) < 4.78 is 9.23. The van der Waals surface area contributed by atoms with E-state index in [1.165, 1.54) is 16.7 Å². The molecule has 5 nitrogen and oxygen atoms in total. The lowest BCUT2D eigenvalue weighted by Crippen LogP contribution is -2.29. The Balaban J connectivity index is 1.37. The number of hydrogen-bond donors (Lipinski definition) is 1. The number of benzene rings is 6. The summed E-state index contributed by atoms with van der Waals surface area (Å²) in [7, 11) is 0. The first-order valence-electron chi connectivity index (χ1n) is 23.5. The minimum absolute atomic E-state index is 0.0806. The van der Waals surface area contributed by atoms with Crippen molar-refractivity contribution in [2.24, 2.45) is 0 Å². The fourth-order valence-electron chi connectivity index (χ4n) is 9.49. The van der Waals surface area contributed by atoms with Crippen molar-refractivity contribution in [2.75, 3.05) is 0 Å². The molecule has 0 aliphatic carbocycles. The first kappa shape index (κ1) is 44.7. The zero-order valence-corrected chi connectivity index (χ0v) is 41.4. The van der Waals surface area contributed by atoms with Crippen molar-refractivity contribution in [3.8, 4) is 73.2 Å². The van der Waals surface area contributed by atoms with Gasteiger partial charge in [0.15, 0.2) is 5.75 Å². The van der Waals surface area contributed by atoms with Crippen LogP contribution < -0.4 is 4.74 Å². The van der Waals surface area contributed by atoms with E-state index in [0.717, 1.165) is 78.2 Å². The number of rotatable bonds is 5. The fourth-order valence-corrected chi connectivity index (χ4v) is 9.49. The van der Waals surface area contributed by atoms with E-state index < -0.39 is 5.60 Å². The van der Waals surface area contributed by atoms with Crippen LogP contribution in [-0.2, 0) is 27.3 Å². The maximum Gasteiger partial charge on any atom is 0.154 e. The second kappa shape index (κ2) is 15.6. The number of nitrogens with zero attached hydrogens (tertiary/aromatic N) is 3. The van der Waals surface area contributed by atoms with Crippen LogP contribution in [0.15, 0.2) is 134 Å². The molecule has 9 rings (SSSR count). The van der Waals surface area contributed by atoms with Crippen molar-refractivity contribution in [2.45, 2.75) is 124 Å². The molecule has 66 heavy (non-hydrogen) atoms. The predicted octanol–water partition coefficient (Wildman–Crippen LogP) is 16.3. The molecule has 8 aromatic rings. The lowest BCUT2D eigenvalue weighted by atomic mass is 9.79. The van der Waals surface area contributed by atoms with Crippen LogP contribution in [0.5, 0.6) is 11.5 Å². The van der Waals surface area contributed by atoms with Gasteiger partial charge in [-0.25, -0.2) is 4.98 Å². The SMILES string of the molecule is CC(C)(C)c1cc(-c2nccc3c2OC(C)(C)c2ccccc2-3)cc(-c2cccc3c2nc(-c2cc(C(C)(C)C)cc(C(C)(C)C)c2O)n3-c2ccc(C(C)(C)C)cc2-c2ccccc2)c1. The molecule has 1 N–H and O–H groups in total. The van der Waals surface area contributed by atoms with Crippen LogP contribution in [0.25, 0.3) is 72.7 Å². The fraction of sp³-hybridized carbons (Fsp3) is 0.311. The monoisotopic (exact) mass is 872 g/mol. The highest BCUT2D eigenvalue weighted by Gasteiger charge is 2.35. The van der Waals surface area contributed by atoms with E-state index in [0.29, 0.717) is 11.4 Å². The van der Waals surface area contributed by atoms with Crippen LogP contribution >= 0.6 is 0 Å².